The second-order valence-corrected chi connectivity index (χ2v) is 5.81. The van der Waals surface area contributed by atoms with Crippen LogP contribution in [0.25, 0.3) is 10.8 Å². The Hall–Kier alpha value is -1.49. The summed E-state index contributed by atoms with van der Waals surface area (Å²) in [6.07, 6.45) is 3.48. The van der Waals surface area contributed by atoms with Crippen molar-refractivity contribution in [2.45, 2.75) is 18.7 Å². The highest BCUT2D eigenvalue weighted by molar-refractivity contribution is 5.84. The number of aromatic nitrogens is 1. The van der Waals surface area contributed by atoms with Crippen LogP contribution >= 0.6 is 0 Å². The zero-order valence-electron chi connectivity index (χ0n) is 12.0. The number of rotatable bonds is 3. The van der Waals surface area contributed by atoms with E-state index < -0.39 is 0 Å². The van der Waals surface area contributed by atoms with Crippen molar-refractivity contribution >= 4 is 10.8 Å². The quantitative estimate of drug-likeness (QED) is 0.914. The molecule has 1 aromatic carbocycles. The lowest BCUT2D eigenvalue weighted by molar-refractivity contribution is 0.112. The molecule has 1 fully saturated rings. The molecule has 0 spiro atoms. The molecule has 1 aliphatic rings. The van der Waals surface area contributed by atoms with E-state index in [1.165, 1.54) is 16.3 Å². The SMILES string of the molecule is CN(C)[C@H]1CN(Cc2cccc3cnccc23)C[C@@H]1O. The Morgan fingerprint density at radius 1 is 1.30 bits per heavy atom. The summed E-state index contributed by atoms with van der Waals surface area (Å²) in [4.78, 5) is 8.61. The lowest BCUT2D eigenvalue weighted by atomic mass is 10.1. The minimum atomic E-state index is -0.262. The number of pyridine rings is 1. The molecule has 2 atom stereocenters. The van der Waals surface area contributed by atoms with Gasteiger partial charge < -0.3 is 10.0 Å². The van der Waals surface area contributed by atoms with Gasteiger partial charge in [0.05, 0.1) is 6.10 Å². The van der Waals surface area contributed by atoms with E-state index in [-0.39, 0.29) is 12.1 Å². The van der Waals surface area contributed by atoms with Crippen LogP contribution in [-0.4, -0.2) is 59.2 Å². The van der Waals surface area contributed by atoms with Crippen molar-refractivity contribution in [1.82, 2.24) is 14.8 Å². The first kappa shape index (κ1) is 13.5. The number of hydrogen-bond donors (Lipinski definition) is 1. The minimum absolute atomic E-state index is 0.228. The maximum absolute atomic E-state index is 10.1. The Kier molecular flexibility index (Phi) is 3.70. The van der Waals surface area contributed by atoms with Gasteiger partial charge in [0.25, 0.3) is 0 Å². The second kappa shape index (κ2) is 5.48. The molecule has 1 aliphatic heterocycles. The Labute approximate surface area is 119 Å². The molecule has 1 aromatic heterocycles. The number of likely N-dealkylation sites (N-methyl/N-ethyl adjacent to an activating group) is 1. The lowest BCUT2D eigenvalue weighted by Gasteiger charge is -2.22. The van der Waals surface area contributed by atoms with E-state index in [1.807, 2.05) is 26.5 Å². The van der Waals surface area contributed by atoms with Crippen molar-refractivity contribution in [3.05, 3.63) is 42.2 Å². The van der Waals surface area contributed by atoms with Crippen molar-refractivity contribution in [3.63, 3.8) is 0 Å². The van der Waals surface area contributed by atoms with Crippen LogP contribution in [0.5, 0.6) is 0 Å². The number of likely N-dealkylation sites (tertiary alicyclic amines) is 1. The third-order valence-corrected chi connectivity index (χ3v) is 4.16. The third kappa shape index (κ3) is 2.54. The smallest absolute Gasteiger partial charge is 0.0834 e. The zero-order valence-corrected chi connectivity index (χ0v) is 12.0. The van der Waals surface area contributed by atoms with Crippen LogP contribution in [0.1, 0.15) is 5.56 Å². The molecule has 0 unspecified atom stereocenters. The van der Waals surface area contributed by atoms with E-state index >= 15 is 0 Å². The van der Waals surface area contributed by atoms with Gasteiger partial charge in [-0.1, -0.05) is 18.2 Å². The van der Waals surface area contributed by atoms with Crippen molar-refractivity contribution in [2.75, 3.05) is 27.2 Å². The monoisotopic (exact) mass is 271 g/mol. The largest absolute Gasteiger partial charge is 0.390 e. The number of benzene rings is 1. The van der Waals surface area contributed by atoms with E-state index in [4.69, 9.17) is 0 Å². The van der Waals surface area contributed by atoms with Crippen LogP contribution in [0.3, 0.4) is 0 Å². The van der Waals surface area contributed by atoms with Crippen LogP contribution in [0, 0.1) is 0 Å². The average Bonchev–Trinajstić information content (AvgIpc) is 2.80. The number of aliphatic hydroxyl groups is 1. The molecular formula is C16H21N3O. The Morgan fingerprint density at radius 2 is 2.15 bits per heavy atom. The Balaban J connectivity index is 1.81. The normalized spacial score (nSPS) is 23.8. The van der Waals surface area contributed by atoms with Gasteiger partial charge in [0.1, 0.15) is 0 Å². The maximum Gasteiger partial charge on any atom is 0.0834 e. The molecule has 106 valence electrons. The van der Waals surface area contributed by atoms with Crippen molar-refractivity contribution in [3.8, 4) is 0 Å². The van der Waals surface area contributed by atoms with Gasteiger partial charge in [-0.3, -0.25) is 9.88 Å². The summed E-state index contributed by atoms with van der Waals surface area (Å²) in [7, 11) is 4.06. The summed E-state index contributed by atoms with van der Waals surface area (Å²) < 4.78 is 0. The lowest BCUT2D eigenvalue weighted by Crippen LogP contribution is -2.37. The van der Waals surface area contributed by atoms with Gasteiger partial charge in [0.15, 0.2) is 0 Å². The molecule has 4 heteroatoms. The van der Waals surface area contributed by atoms with E-state index in [9.17, 15) is 5.11 Å². The summed E-state index contributed by atoms with van der Waals surface area (Å²) in [6.45, 7) is 2.53. The Bertz CT molecular complexity index is 594. The number of aliphatic hydroxyl groups excluding tert-OH is 1. The Morgan fingerprint density at radius 3 is 2.90 bits per heavy atom. The van der Waals surface area contributed by atoms with E-state index in [2.05, 4.69) is 39.0 Å². The van der Waals surface area contributed by atoms with Gasteiger partial charge in [-0.05, 0) is 31.1 Å². The van der Waals surface area contributed by atoms with Crippen molar-refractivity contribution < 1.29 is 5.11 Å². The van der Waals surface area contributed by atoms with Gasteiger partial charge in [-0.15, -0.1) is 0 Å². The fraction of sp³-hybridized carbons (Fsp3) is 0.438. The fourth-order valence-corrected chi connectivity index (χ4v) is 3.05. The first-order valence-corrected chi connectivity index (χ1v) is 7.03. The molecule has 0 amide bonds. The van der Waals surface area contributed by atoms with Gasteiger partial charge in [-0.2, -0.15) is 0 Å². The molecule has 0 bridgehead atoms. The predicted octanol–water partition coefficient (Wildman–Crippen LogP) is 1.34. The topological polar surface area (TPSA) is 39.6 Å². The van der Waals surface area contributed by atoms with E-state index in [0.717, 1.165) is 19.6 Å². The average molecular weight is 271 g/mol. The first-order valence-electron chi connectivity index (χ1n) is 7.03. The molecule has 2 heterocycles. The van der Waals surface area contributed by atoms with Crippen molar-refractivity contribution in [1.29, 1.82) is 0 Å². The highest BCUT2D eigenvalue weighted by Crippen LogP contribution is 2.22. The number of β-amino-alcohol motifs (C(OH)–C–C–N with tert-alkyl or cyclic N) is 1. The zero-order chi connectivity index (χ0) is 14.1. The molecule has 3 rings (SSSR count). The summed E-state index contributed by atoms with van der Waals surface area (Å²) in [5.41, 5.74) is 1.30. The van der Waals surface area contributed by atoms with Gasteiger partial charge >= 0.3 is 0 Å². The predicted molar refractivity (Wildman–Crippen MR) is 80.5 cm³/mol. The fourth-order valence-electron chi connectivity index (χ4n) is 3.05. The summed E-state index contributed by atoms with van der Waals surface area (Å²) in [5.74, 6) is 0. The first-order chi connectivity index (χ1) is 9.65. The molecule has 20 heavy (non-hydrogen) atoms. The van der Waals surface area contributed by atoms with Crippen LogP contribution < -0.4 is 0 Å². The number of fused-ring (bicyclic) bond motifs is 1. The molecule has 2 aromatic rings. The van der Waals surface area contributed by atoms with Gasteiger partial charge in [0, 0.05) is 43.5 Å². The summed E-state index contributed by atoms with van der Waals surface area (Å²) >= 11 is 0. The molecule has 0 saturated carbocycles. The maximum atomic E-state index is 10.1. The van der Waals surface area contributed by atoms with Crippen LogP contribution in [-0.2, 0) is 6.54 Å². The molecule has 4 nitrogen and oxygen atoms in total. The minimum Gasteiger partial charge on any atom is -0.390 e. The summed E-state index contributed by atoms with van der Waals surface area (Å²) in [6, 6.07) is 8.63. The van der Waals surface area contributed by atoms with Gasteiger partial charge in [-0.25, -0.2) is 0 Å². The molecule has 1 N–H and O–H groups in total. The van der Waals surface area contributed by atoms with Crippen LogP contribution in [0.15, 0.2) is 36.7 Å². The van der Waals surface area contributed by atoms with E-state index in [0.29, 0.717) is 0 Å². The second-order valence-electron chi connectivity index (χ2n) is 5.81. The third-order valence-electron chi connectivity index (χ3n) is 4.16. The number of hydrogen-bond acceptors (Lipinski definition) is 4. The molecule has 1 saturated heterocycles. The molecular weight excluding hydrogens is 250 g/mol. The van der Waals surface area contributed by atoms with Crippen molar-refractivity contribution in [2.24, 2.45) is 0 Å². The highest BCUT2D eigenvalue weighted by atomic mass is 16.3. The van der Waals surface area contributed by atoms with Gasteiger partial charge in [0.2, 0.25) is 0 Å². The standard InChI is InChI=1S/C16H21N3O/c1-18(2)15-10-19(11-16(15)20)9-13-5-3-4-12-8-17-7-6-14(12)13/h3-8,15-16,20H,9-11H2,1-2H3/t15-,16-/m0/s1. The van der Waals surface area contributed by atoms with Crippen LogP contribution in [0.2, 0.25) is 0 Å². The highest BCUT2D eigenvalue weighted by Gasteiger charge is 2.32. The van der Waals surface area contributed by atoms with E-state index in [1.54, 1.807) is 0 Å². The molecule has 0 aliphatic carbocycles. The summed E-state index contributed by atoms with van der Waals surface area (Å²) in [5, 5.41) is 12.6. The number of nitrogens with zero attached hydrogens (tertiary/aromatic N) is 3. The van der Waals surface area contributed by atoms with Crippen LogP contribution in [0.4, 0.5) is 0 Å². The molecule has 0 radical (unpaired) electrons.